The molecule has 0 radical (unpaired) electrons. The summed E-state index contributed by atoms with van der Waals surface area (Å²) in [5.41, 5.74) is 3.52. The average molecular weight is 318 g/mol. The second-order valence-corrected chi connectivity index (χ2v) is 5.62. The Bertz CT molecular complexity index is 914. The van der Waals surface area contributed by atoms with Crippen LogP contribution >= 0.6 is 0 Å². The van der Waals surface area contributed by atoms with Crippen LogP contribution in [0.15, 0.2) is 77.7 Å². The number of anilines is 1. The van der Waals surface area contributed by atoms with Gasteiger partial charge in [0.1, 0.15) is 0 Å². The van der Waals surface area contributed by atoms with Crippen LogP contribution in [0.4, 0.5) is 5.69 Å². The number of hydrogen-bond donors (Lipinski definition) is 1. The summed E-state index contributed by atoms with van der Waals surface area (Å²) in [5, 5.41) is 2.77. The molecule has 24 heavy (non-hydrogen) atoms. The third-order valence-electron chi connectivity index (χ3n) is 3.68. The molecule has 1 N–H and O–H groups in total. The van der Waals surface area contributed by atoms with E-state index in [1.165, 1.54) is 6.92 Å². The Morgan fingerprint density at radius 1 is 1.00 bits per heavy atom. The summed E-state index contributed by atoms with van der Waals surface area (Å²) in [5.74, 6) is -0.123. The van der Waals surface area contributed by atoms with Gasteiger partial charge in [-0.15, -0.1) is 0 Å². The van der Waals surface area contributed by atoms with Gasteiger partial charge >= 0.3 is 0 Å². The highest BCUT2D eigenvalue weighted by atomic mass is 16.1. The van der Waals surface area contributed by atoms with Crippen LogP contribution in [0.25, 0.3) is 11.3 Å². The van der Waals surface area contributed by atoms with Gasteiger partial charge in [-0.2, -0.15) is 0 Å². The number of benzene rings is 2. The van der Waals surface area contributed by atoms with Gasteiger partial charge in [0, 0.05) is 43.0 Å². The first-order chi connectivity index (χ1) is 11.6. The van der Waals surface area contributed by atoms with E-state index in [1.807, 2.05) is 47.0 Å². The molecule has 1 amide bonds. The lowest BCUT2D eigenvalue weighted by Gasteiger charge is -2.14. The Morgan fingerprint density at radius 2 is 1.79 bits per heavy atom. The fraction of sp³-hybridized carbons (Fsp3) is 0.100. The number of nitrogens with one attached hydrogen (secondary N) is 1. The zero-order valence-corrected chi connectivity index (χ0v) is 13.4. The minimum absolute atomic E-state index is 0.0424. The van der Waals surface area contributed by atoms with Crippen molar-refractivity contribution in [3.8, 4) is 11.3 Å². The molecule has 3 aromatic rings. The molecule has 4 nitrogen and oxygen atoms in total. The number of carbonyl (C=O) groups is 1. The van der Waals surface area contributed by atoms with E-state index in [9.17, 15) is 9.59 Å². The third kappa shape index (κ3) is 3.79. The number of pyridine rings is 1. The molecule has 2 aromatic carbocycles. The smallest absolute Gasteiger partial charge is 0.221 e. The van der Waals surface area contributed by atoms with Gasteiger partial charge in [-0.05, 0) is 17.7 Å². The van der Waals surface area contributed by atoms with E-state index in [2.05, 4.69) is 17.4 Å². The zero-order chi connectivity index (χ0) is 16.9. The minimum atomic E-state index is -0.123. The average Bonchev–Trinajstić information content (AvgIpc) is 2.57. The Kier molecular flexibility index (Phi) is 4.57. The minimum Gasteiger partial charge on any atom is -0.343 e. The molecule has 0 saturated carbocycles. The molecular formula is C20H18N2O2. The van der Waals surface area contributed by atoms with Gasteiger partial charge in [0.2, 0.25) is 5.91 Å². The van der Waals surface area contributed by atoms with Crippen LogP contribution in [0.3, 0.4) is 0 Å². The molecule has 1 heterocycles. The molecule has 3 rings (SSSR count). The summed E-state index contributed by atoms with van der Waals surface area (Å²) in [6.07, 6.45) is 1.80. The van der Waals surface area contributed by atoms with Crippen LogP contribution in [-0.2, 0) is 11.3 Å². The second kappa shape index (κ2) is 6.96. The number of rotatable bonds is 4. The van der Waals surface area contributed by atoms with Gasteiger partial charge in [-0.3, -0.25) is 9.59 Å². The van der Waals surface area contributed by atoms with Crippen LogP contribution in [0.2, 0.25) is 0 Å². The lowest BCUT2D eigenvalue weighted by Crippen LogP contribution is -2.10. The maximum absolute atomic E-state index is 11.8. The molecule has 0 aliphatic carbocycles. The Balaban J connectivity index is 2.02. The molecule has 0 unspecified atom stereocenters. The number of carbonyl (C=O) groups excluding carboxylic acids is 1. The van der Waals surface area contributed by atoms with Gasteiger partial charge in [-0.1, -0.05) is 42.5 Å². The largest absolute Gasteiger partial charge is 0.343 e. The fourth-order valence-corrected chi connectivity index (χ4v) is 2.64. The lowest BCUT2D eigenvalue weighted by atomic mass is 10.1. The van der Waals surface area contributed by atoms with Crippen LogP contribution in [0.1, 0.15) is 12.5 Å². The van der Waals surface area contributed by atoms with Gasteiger partial charge in [0.15, 0.2) is 5.43 Å². The van der Waals surface area contributed by atoms with Crippen molar-refractivity contribution >= 4 is 11.6 Å². The van der Waals surface area contributed by atoms with E-state index in [-0.39, 0.29) is 11.3 Å². The molecule has 0 fully saturated rings. The van der Waals surface area contributed by atoms with Crippen molar-refractivity contribution in [2.75, 3.05) is 5.32 Å². The van der Waals surface area contributed by atoms with Crippen molar-refractivity contribution in [3.63, 3.8) is 0 Å². The van der Waals surface area contributed by atoms with Gasteiger partial charge in [-0.25, -0.2) is 0 Å². The fourth-order valence-electron chi connectivity index (χ4n) is 2.64. The maximum Gasteiger partial charge on any atom is 0.221 e. The Morgan fingerprint density at radius 3 is 2.54 bits per heavy atom. The monoisotopic (exact) mass is 318 g/mol. The van der Waals surface area contributed by atoms with Crippen LogP contribution in [-0.4, -0.2) is 10.5 Å². The van der Waals surface area contributed by atoms with Crippen LogP contribution in [0, 0.1) is 0 Å². The third-order valence-corrected chi connectivity index (χ3v) is 3.68. The summed E-state index contributed by atoms with van der Waals surface area (Å²) in [4.78, 5) is 23.1. The highest BCUT2D eigenvalue weighted by Gasteiger charge is 2.07. The quantitative estimate of drug-likeness (QED) is 0.800. The lowest BCUT2D eigenvalue weighted by molar-refractivity contribution is -0.114. The number of hydrogen-bond acceptors (Lipinski definition) is 2. The van der Waals surface area contributed by atoms with Gasteiger partial charge < -0.3 is 9.88 Å². The second-order valence-electron chi connectivity index (χ2n) is 5.62. The zero-order valence-electron chi connectivity index (χ0n) is 13.4. The first kappa shape index (κ1) is 15.7. The normalized spacial score (nSPS) is 10.4. The molecule has 1 aromatic heterocycles. The van der Waals surface area contributed by atoms with Crippen molar-refractivity contribution in [2.24, 2.45) is 0 Å². The number of aromatic nitrogens is 1. The number of amides is 1. The molecule has 0 spiro atoms. The van der Waals surface area contributed by atoms with E-state index >= 15 is 0 Å². The molecular weight excluding hydrogens is 300 g/mol. The van der Waals surface area contributed by atoms with E-state index in [4.69, 9.17) is 0 Å². The maximum atomic E-state index is 11.8. The van der Waals surface area contributed by atoms with E-state index in [0.29, 0.717) is 12.2 Å². The van der Waals surface area contributed by atoms with Crippen LogP contribution in [0.5, 0.6) is 0 Å². The molecule has 0 bridgehead atoms. The first-order valence-corrected chi connectivity index (χ1v) is 7.74. The van der Waals surface area contributed by atoms with Gasteiger partial charge in [0.05, 0.1) is 5.69 Å². The Labute approximate surface area is 140 Å². The highest BCUT2D eigenvalue weighted by Crippen LogP contribution is 2.22. The predicted octanol–water partition coefficient (Wildman–Crippen LogP) is 3.52. The molecule has 0 saturated heterocycles. The van der Waals surface area contributed by atoms with Gasteiger partial charge in [0.25, 0.3) is 0 Å². The molecule has 0 aliphatic heterocycles. The number of nitrogens with zero attached hydrogens (tertiary/aromatic N) is 1. The van der Waals surface area contributed by atoms with E-state index in [1.54, 1.807) is 18.3 Å². The van der Waals surface area contributed by atoms with Crippen LogP contribution < -0.4 is 10.7 Å². The highest BCUT2D eigenvalue weighted by molar-refractivity contribution is 5.89. The predicted molar refractivity (Wildman–Crippen MR) is 96.0 cm³/mol. The molecule has 120 valence electrons. The van der Waals surface area contributed by atoms with E-state index < -0.39 is 0 Å². The topological polar surface area (TPSA) is 51.1 Å². The van der Waals surface area contributed by atoms with Crippen molar-refractivity contribution < 1.29 is 4.79 Å². The van der Waals surface area contributed by atoms with Crippen molar-refractivity contribution in [2.45, 2.75) is 13.5 Å². The summed E-state index contributed by atoms with van der Waals surface area (Å²) in [6.45, 7) is 2.14. The molecule has 0 aliphatic rings. The molecule has 0 atom stereocenters. The summed E-state index contributed by atoms with van der Waals surface area (Å²) >= 11 is 0. The van der Waals surface area contributed by atoms with Crippen molar-refractivity contribution in [1.82, 2.24) is 4.57 Å². The standard InChI is InChI=1S/C20H18N2O2/c1-15(23)21-18-9-5-8-17(12-18)20-13-19(24)10-11-22(20)14-16-6-3-2-4-7-16/h2-13H,14H2,1H3,(H,21,23). The van der Waals surface area contributed by atoms with E-state index in [0.717, 1.165) is 16.8 Å². The first-order valence-electron chi connectivity index (χ1n) is 7.74. The Hall–Kier alpha value is -3.14. The molecule has 4 heteroatoms. The summed E-state index contributed by atoms with van der Waals surface area (Å²) < 4.78 is 2.03. The van der Waals surface area contributed by atoms with Crippen molar-refractivity contribution in [1.29, 1.82) is 0 Å². The van der Waals surface area contributed by atoms with Crippen molar-refractivity contribution in [3.05, 3.63) is 88.7 Å². The SMILES string of the molecule is CC(=O)Nc1cccc(-c2cc(=O)ccn2Cc2ccccc2)c1. The summed E-state index contributed by atoms with van der Waals surface area (Å²) in [7, 11) is 0. The summed E-state index contributed by atoms with van der Waals surface area (Å²) in [6, 6.07) is 20.7.